The van der Waals surface area contributed by atoms with E-state index in [1.54, 1.807) is 10.7 Å². The Morgan fingerprint density at radius 3 is 2.50 bits per heavy atom. The molecule has 0 N–H and O–H groups in total. The van der Waals surface area contributed by atoms with Crippen molar-refractivity contribution < 1.29 is 4.39 Å². The molecule has 5 heteroatoms. The molecule has 2 aromatic carbocycles. The van der Waals surface area contributed by atoms with Crippen LogP contribution < -0.4 is 0 Å². The second-order valence-corrected chi connectivity index (χ2v) is 5.72. The van der Waals surface area contributed by atoms with E-state index in [1.165, 1.54) is 17.7 Å². The normalized spacial score (nSPS) is 10.5. The zero-order chi connectivity index (χ0) is 15.7. The SMILES string of the molecule is Cc1ccc(-n2nc(-c3ccc(C#N)c(F)c3)cc2Br)cc1. The van der Waals surface area contributed by atoms with Gasteiger partial charge in [0.2, 0.25) is 0 Å². The number of halogens is 2. The predicted molar refractivity (Wildman–Crippen MR) is 86.1 cm³/mol. The van der Waals surface area contributed by atoms with Crippen LogP contribution in [-0.2, 0) is 0 Å². The highest BCUT2D eigenvalue weighted by Gasteiger charge is 2.11. The van der Waals surface area contributed by atoms with E-state index >= 15 is 0 Å². The van der Waals surface area contributed by atoms with Crippen molar-refractivity contribution in [2.45, 2.75) is 6.92 Å². The summed E-state index contributed by atoms with van der Waals surface area (Å²) in [6, 6.07) is 16.1. The topological polar surface area (TPSA) is 41.6 Å². The van der Waals surface area contributed by atoms with Gasteiger partial charge in [-0.2, -0.15) is 10.4 Å². The van der Waals surface area contributed by atoms with Crippen LogP contribution in [0.25, 0.3) is 16.9 Å². The lowest BCUT2D eigenvalue weighted by atomic mass is 10.1. The maximum absolute atomic E-state index is 13.7. The Balaban J connectivity index is 2.04. The van der Waals surface area contributed by atoms with Gasteiger partial charge in [0.1, 0.15) is 16.5 Å². The molecule has 0 amide bonds. The van der Waals surface area contributed by atoms with E-state index in [0.717, 1.165) is 10.3 Å². The molecule has 0 fully saturated rings. The number of nitrogens with zero attached hydrogens (tertiary/aromatic N) is 3. The highest BCUT2D eigenvalue weighted by atomic mass is 79.9. The summed E-state index contributed by atoms with van der Waals surface area (Å²) in [6.07, 6.45) is 0. The molecule has 0 aliphatic heterocycles. The van der Waals surface area contributed by atoms with Crippen molar-refractivity contribution in [1.82, 2.24) is 9.78 Å². The van der Waals surface area contributed by atoms with Crippen LogP contribution >= 0.6 is 15.9 Å². The largest absolute Gasteiger partial charge is 0.226 e. The minimum Gasteiger partial charge on any atom is -0.226 e. The van der Waals surface area contributed by atoms with Crippen LogP contribution in [0, 0.1) is 24.1 Å². The number of benzene rings is 2. The maximum atomic E-state index is 13.7. The third-order valence-electron chi connectivity index (χ3n) is 3.33. The van der Waals surface area contributed by atoms with Gasteiger partial charge < -0.3 is 0 Å². The first-order valence-corrected chi connectivity index (χ1v) is 7.40. The lowest BCUT2D eigenvalue weighted by molar-refractivity contribution is 0.624. The van der Waals surface area contributed by atoms with Gasteiger partial charge in [0.15, 0.2) is 0 Å². The van der Waals surface area contributed by atoms with Gasteiger partial charge in [-0.3, -0.25) is 0 Å². The quantitative estimate of drug-likeness (QED) is 0.672. The van der Waals surface area contributed by atoms with E-state index in [-0.39, 0.29) is 5.56 Å². The average molecular weight is 356 g/mol. The van der Waals surface area contributed by atoms with Crippen molar-refractivity contribution >= 4 is 15.9 Å². The van der Waals surface area contributed by atoms with Crippen LogP contribution in [0.5, 0.6) is 0 Å². The summed E-state index contributed by atoms with van der Waals surface area (Å²) in [6.45, 7) is 2.02. The highest BCUT2D eigenvalue weighted by molar-refractivity contribution is 9.10. The fourth-order valence-electron chi connectivity index (χ4n) is 2.13. The molecule has 3 aromatic rings. The molecule has 0 aliphatic carbocycles. The summed E-state index contributed by atoms with van der Waals surface area (Å²) < 4.78 is 16.3. The number of aryl methyl sites for hydroxylation is 1. The maximum Gasteiger partial charge on any atom is 0.141 e. The van der Waals surface area contributed by atoms with Crippen LogP contribution in [0.1, 0.15) is 11.1 Å². The van der Waals surface area contributed by atoms with Gasteiger partial charge in [-0.25, -0.2) is 9.07 Å². The fraction of sp³-hybridized carbons (Fsp3) is 0.0588. The number of nitriles is 1. The van der Waals surface area contributed by atoms with Gasteiger partial charge in [-0.1, -0.05) is 23.8 Å². The predicted octanol–water partition coefficient (Wildman–Crippen LogP) is 4.62. The Labute approximate surface area is 135 Å². The van der Waals surface area contributed by atoms with E-state index in [1.807, 2.05) is 43.3 Å². The van der Waals surface area contributed by atoms with E-state index in [4.69, 9.17) is 5.26 Å². The summed E-state index contributed by atoms with van der Waals surface area (Å²) in [5.74, 6) is -0.541. The molecule has 1 aromatic heterocycles. The first kappa shape index (κ1) is 14.5. The third kappa shape index (κ3) is 2.66. The molecule has 3 rings (SSSR count). The fourth-order valence-corrected chi connectivity index (χ4v) is 2.63. The molecule has 0 spiro atoms. The second-order valence-electron chi connectivity index (χ2n) is 4.91. The molecule has 3 nitrogen and oxygen atoms in total. The molecule has 0 bridgehead atoms. The summed E-state index contributed by atoms with van der Waals surface area (Å²) in [7, 11) is 0. The van der Waals surface area contributed by atoms with Gasteiger partial charge in [0.25, 0.3) is 0 Å². The Bertz CT molecular complexity index is 876. The smallest absolute Gasteiger partial charge is 0.141 e. The van der Waals surface area contributed by atoms with Gasteiger partial charge in [-0.05, 0) is 53.2 Å². The molecule has 1 heterocycles. The molecule has 0 atom stereocenters. The molecule has 0 unspecified atom stereocenters. The third-order valence-corrected chi connectivity index (χ3v) is 3.89. The van der Waals surface area contributed by atoms with Crippen molar-refractivity contribution in [3.63, 3.8) is 0 Å². The van der Waals surface area contributed by atoms with E-state index in [9.17, 15) is 4.39 Å². The van der Waals surface area contributed by atoms with Crippen LogP contribution in [0.4, 0.5) is 4.39 Å². The lowest BCUT2D eigenvalue weighted by Gasteiger charge is -2.03. The van der Waals surface area contributed by atoms with Crippen molar-refractivity contribution in [2.24, 2.45) is 0 Å². The van der Waals surface area contributed by atoms with E-state index in [0.29, 0.717) is 11.3 Å². The number of hydrogen-bond acceptors (Lipinski definition) is 2. The lowest BCUT2D eigenvalue weighted by Crippen LogP contribution is -1.97. The van der Waals surface area contributed by atoms with Crippen LogP contribution in [0.3, 0.4) is 0 Å². The van der Waals surface area contributed by atoms with E-state index in [2.05, 4.69) is 21.0 Å². The minimum atomic E-state index is -0.541. The van der Waals surface area contributed by atoms with Gasteiger partial charge in [0.05, 0.1) is 16.9 Å². The van der Waals surface area contributed by atoms with Gasteiger partial charge in [0, 0.05) is 5.56 Å². The number of aromatic nitrogens is 2. The van der Waals surface area contributed by atoms with Crippen molar-refractivity contribution in [3.8, 4) is 23.0 Å². The Morgan fingerprint density at radius 1 is 1.14 bits per heavy atom. The average Bonchev–Trinajstić information content (AvgIpc) is 2.90. The van der Waals surface area contributed by atoms with Crippen molar-refractivity contribution in [3.05, 3.63) is 70.1 Å². The molecular formula is C17H11BrFN3. The van der Waals surface area contributed by atoms with Gasteiger partial charge >= 0.3 is 0 Å². The van der Waals surface area contributed by atoms with Crippen molar-refractivity contribution in [2.75, 3.05) is 0 Å². The van der Waals surface area contributed by atoms with Crippen molar-refractivity contribution in [1.29, 1.82) is 5.26 Å². The molecule has 108 valence electrons. The highest BCUT2D eigenvalue weighted by Crippen LogP contribution is 2.26. The zero-order valence-corrected chi connectivity index (χ0v) is 13.3. The van der Waals surface area contributed by atoms with Crippen LogP contribution in [-0.4, -0.2) is 9.78 Å². The Morgan fingerprint density at radius 2 is 1.86 bits per heavy atom. The first-order chi connectivity index (χ1) is 10.6. The van der Waals surface area contributed by atoms with Crippen LogP contribution in [0.2, 0.25) is 0 Å². The Hall–Kier alpha value is -2.45. The molecule has 0 saturated carbocycles. The number of hydrogen-bond donors (Lipinski definition) is 0. The first-order valence-electron chi connectivity index (χ1n) is 6.61. The molecule has 0 saturated heterocycles. The summed E-state index contributed by atoms with van der Waals surface area (Å²) >= 11 is 3.47. The number of rotatable bonds is 2. The monoisotopic (exact) mass is 355 g/mol. The van der Waals surface area contributed by atoms with Gasteiger partial charge in [-0.15, -0.1) is 0 Å². The second kappa shape index (κ2) is 5.74. The summed E-state index contributed by atoms with van der Waals surface area (Å²) in [4.78, 5) is 0. The summed E-state index contributed by atoms with van der Waals surface area (Å²) in [5, 5.41) is 13.3. The molecule has 22 heavy (non-hydrogen) atoms. The van der Waals surface area contributed by atoms with Crippen LogP contribution in [0.15, 0.2) is 53.1 Å². The standard InChI is InChI=1S/C17H11BrFN3/c1-11-2-6-14(7-3-11)22-17(18)9-16(21-22)12-4-5-13(10-20)15(19)8-12/h2-9H,1H3. The minimum absolute atomic E-state index is 0.0285. The summed E-state index contributed by atoms with van der Waals surface area (Å²) in [5.41, 5.74) is 3.37. The molecule has 0 aliphatic rings. The Kier molecular flexibility index (Phi) is 3.78. The molecular weight excluding hydrogens is 345 g/mol. The zero-order valence-electron chi connectivity index (χ0n) is 11.7. The molecule has 0 radical (unpaired) electrons. The van der Waals surface area contributed by atoms with E-state index < -0.39 is 5.82 Å².